The Morgan fingerprint density at radius 2 is 1.80 bits per heavy atom. The number of aliphatic carboxylic acids is 2. The molecule has 30 heavy (non-hydrogen) atoms. The zero-order chi connectivity index (χ0) is 22.5. The molecule has 0 bridgehead atoms. The molecule has 9 nitrogen and oxygen atoms in total. The molecule has 1 aliphatic rings. The van der Waals surface area contributed by atoms with Gasteiger partial charge in [0.2, 0.25) is 0 Å². The quantitative estimate of drug-likeness (QED) is 0.563. The molecule has 1 heterocycles. The van der Waals surface area contributed by atoms with Gasteiger partial charge in [-0.1, -0.05) is 19.1 Å². The number of hydrogen-bond acceptors (Lipinski definition) is 6. The number of amides is 1. The molecular formula is C19H24F2N2O7. The van der Waals surface area contributed by atoms with Gasteiger partial charge < -0.3 is 29.9 Å². The molecule has 1 amide bonds. The topological polar surface area (TPSA) is 125 Å². The standard InChI is InChI=1S/C15H20F2N2O3.C4H4O4/c1-2-12-9-18-7-8-19(12)15(20)21-10-11-3-5-13(6-4-11)22-14(16)17;5-3(6)1-2-4(7)8/h3-6,12,14,18H,2,7-10H2,1H3;1-2H,(H,5,6)(H,7,8)/t12-;/m1./s1. The predicted octanol–water partition coefficient (Wildman–Crippen LogP) is 2.32. The summed E-state index contributed by atoms with van der Waals surface area (Å²) in [5.74, 6) is -2.43. The molecule has 1 saturated heterocycles. The largest absolute Gasteiger partial charge is 0.478 e. The van der Waals surface area contributed by atoms with Crippen molar-refractivity contribution in [2.45, 2.75) is 32.6 Å². The first-order chi connectivity index (χ1) is 14.2. The Labute approximate surface area is 171 Å². The van der Waals surface area contributed by atoms with Crippen molar-refractivity contribution in [1.82, 2.24) is 10.2 Å². The number of carboxylic acid groups (broad SMARTS) is 2. The zero-order valence-electron chi connectivity index (χ0n) is 16.3. The molecule has 1 aromatic carbocycles. The van der Waals surface area contributed by atoms with Crippen LogP contribution in [0.3, 0.4) is 0 Å². The minimum atomic E-state index is -2.85. The highest BCUT2D eigenvalue weighted by molar-refractivity contribution is 5.89. The van der Waals surface area contributed by atoms with Crippen LogP contribution in [0.25, 0.3) is 0 Å². The van der Waals surface area contributed by atoms with E-state index in [1.54, 1.807) is 17.0 Å². The van der Waals surface area contributed by atoms with Gasteiger partial charge in [0, 0.05) is 37.8 Å². The molecule has 0 saturated carbocycles. The maximum atomic E-state index is 12.1. The van der Waals surface area contributed by atoms with E-state index in [9.17, 15) is 23.2 Å². The SMILES string of the molecule is CC[C@@H]1CNCCN1C(=O)OCc1ccc(OC(F)F)cc1.O=C(O)C=CC(=O)O. The van der Waals surface area contributed by atoms with Crippen LogP contribution < -0.4 is 10.1 Å². The number of carbonyl (C=O) groups is 3. The number of piperazine rings is 1. The van der Waals surface area contributed by atoms with Crippen molar-refractivity contribution in [3.8, 4) is 5.75 Å². The molecule has 166 valence electrons. The molecular weight excluding hydrogens is 406 g/mol. The zero-order valence-corrected chi connectivity index (χ0v) is 16.3. The van der Waals surface area contributed by atoms with E-state index >= 15 is 0 Å². The third-order valence-corrected chi connectivity index (χ3v) is 3.94. The van der Waals surface area contributed by atoms with Crippen molar-refractivity contribution in [3.63, 3.8) is 0 Å². The summed E-state index contributed by atoms with van der Waals surface area (Å²) in [5.41, 5.74) is 0.721. The fourth-order valence-corrected chi connectivity index (χ4v) is 2.50. The minimum absolute atomic E-state index is 0.0817. The third-order valence-electron chi connectivity index (χ3n) is 3.94. The van der Waals surface area contributed by atoms with Gasteiger partial charge in [-0.3, -0.25) is 0 Å². The molecule has 1 fully saturated rings. The summed E-state index contributed by atoms with van der Waals surface area (Å²) < 4.78 is 33.7. The lowest BCUT2D eigenvalue weighted by atomic mass is 10.1. The first-order valence-electron chi connectivity index (χ1n) is 9.04. The Hall–Kier alpha value is -3.21. The molecule has 0 aliphatic carbocycles. The molecule has 1 aromatic rings. The molecule has 1 aliphatic heterocycles. The average molecular weight is 430 g/mol. The molecule has 11 heteroatoms. The van der Waals surface area contributed by atoms with Gasteiger partial charge in [-0.2, -0.15) is 8.78 Å². The van der Waals surface area contributed by atoms with Crippen molar-refractivity contribution in [2.75, 3.05) is 19.6 Å². The molecule has 0 radical (unpaired) electrons. The molecule has 0 spiro atoms. The van der Waals surface area contributed by atoms with Gasteiger partial charge >= 0.3 is 24.6 Å². The molecule has 1 atom stereocenters. The van der Waals surface area contributed by atoms with Crippen LogP contribution in [0.15, 0.2) is 36.4 Å². The first kappa shape index (κ1) is 24.8. The predicted molar refractivity (Wildman–Crippen MR) is 101 cm³/mol. The Morgan fingerprint density at radius 3 is 2.30 bits per heavy atom. The molecule has 0 unspecified atom stereocenters. The highest BCUT2D eigenvalue weighted by Gasteiger charge is 2.26. The lowest BCUT2D eigenvalue weighted by molar-refractivity contribution is -0.134. The van der Waals surface area contributed by atoms with E-state index in [1.165, 1.54) is 12.1 Å². The summed E-state index contributed by atoms with van der Waals surface area (Å²) in [7, 11) is 0. The number of carboxylic acids is 2. The second-order valence-electron chi connectivity index (χ2n) is 6.05. The van der Waals surface area contributed by atoms with Gasteiger partial charge in [0.1, 0.15) is 12.4 Å². The van der Waals surface area contributed by atoms with Gasteiger partial charge in [-0.05, 0) is 24.1 Å². The first-order valence-corrected chi connectivity index (χ1v) is 9.04. The number of ether oxygens (including phenoxy) is 2. The van der Waals surface area contributed by atoms with Gasteiger partial charge in [-0.15, -0.1) is 0 Å². The minimum Gasteiger partial charge on any atom is -0.478 e. The van der Waals surface area contributed by atoms with E-state index in [2.05, 4.69) is 10.1 Å². The number of rotatable bonds is 7. The summed E-state index contributed by atoms with van der Waals surface area (Å²) in [6, 6.07) is 6.19. The summed E-state index contributed by atoms with van der Waals surface area (Å²) in [5, 5.41) is 18.9. The van der Waals surface area contributed by atoms with Crippen LogP contribution in [0.5, 0.6) is 5.75 Å². The van der Waals surface area contributed by atoms with Gasteiger partial charge in [0.05, 0.1) is 0 Å². The fourth-order valence-electron chi connectivity index (χ4n) is 2.50. The maximum absolute atomic E-state index is 12.1. The van der Waals surface area contributed by atoms with Crippen LogP contribution in [-0.2, 0) is 20.9 Å². The average Bonchev–Trinajstić information content (AvgIpc) is 2.71. The third kappa shape index (κ3) is 9.82. The Balaban J connectivity index is 0.000000479. The van der Waals surface area contributed by atoms with Crippen molar-refractivity contribution < 1.29 is 42.9 Å². The highest BCUT2D eigenvalue weighted by Crippen LogP contribution is 2.16. The van der Waals surface area contributed by atoms with Crippen LogP contribution in [-0.4, -0.2) is 65.4 Å². The number of alkyl halides is 2. The number of carbonyl (C=O) groups excluding carboxylic acids is 1. The van der Waals surface area contributed by atoms with Crippen molar-refractivity contribution in [2.24, 2.45) is 0 Å². The van der Waals surface area contributed by atoms with Crippen LogP contribution in [0.2, 0.25) is 0 Å². The highest BCUT2D eigenvalue weighted by atomic mass is 19.3. The fraction of sp³-hybridized carbons (Fsp3) is 0.421. The van der Waals surface area contributed by atoms with Crippen molar-refractivity contribution >= 4 is 18.0 Å². The maximum Gasteiger partial charge on any atom is 0.410 e. The number of nitrogens with one attached hydrogen (secondary N) is 1. The summed E-state index contributed by atoms with van der Waals surface area (Å²) in [6.45, 7) is 1.44. The number of nitrogens with zero attached hydrogens (tertiary/aromatic N) is 1. The van der Waals surface area contributed by atoms with Gasteiger partial charge in [0.15, 0.2) is 0 Å². The molecule has 3 N–H and O–H groups in total. The van der Waals surface area contributed by atoms with Crippen LogP contribution in [0, 0.1) is 0 Å². The van der Waals surface area contributed by atoms with Gasteiger partial charge in [-0.25, -0.2) is 14.4 Å². The van der Waals surface area contributed by atoms with Crippen LogP contribution in [0.1, 0.15) is 18.9 Å². The Bertz CT molecular complexity index is 710. The van der Waals surface area contributed by atoms with Crippen molar-refractivity contribution in [3.05, 3.63) is 42.0 Å². The lowest BCUT2D eigenvalue weighted by Gasteiger charge is -2.34. The summed E-state index contributed by atoms with van der Waals surface area (Å²) >= 11 is 0. The van der Waals surface area contributed by atoms with E-state index < -0.39 is 18.6 Å². The Morgan fingerprint density at radius 1 is 1.20 bits per heavy atom. The second-order valence-corrected chi connectivity index (χ2v) is 6.05. The number of benzene rings is 1. The monoisotopic (exact) mass is 430 g/mol. The normalized spacial score (nSPS) is 16.0. The smallest absolute Gasteiger partial charge is 0.410 e. The van der Waals surface area contributed by atoms with E-state index in [1.807, 2.05) is 6.92 Å². The number of hydrogen-bond donors (Lipinski definition) is 3. The summed E-state index contributed by atoms with van der Waals surface area (Å²) in [6.07, 6.45) is 1.63. The van der Waals surface area contributed by atoms with Crippen LogP contribution in [0.4, 0.5) is 13.6 Å². The van der Waals surface area contributed by atoms with E-state index in [0.717, 1.165) is 25.1 Å². The lowest BCUT2D eigenvalue weighted by Crippen LogP contribution is -2.53. The van der Waals surface area contributed by atoms with Crippen LogP contribution >= 0.6 is 0 Å². The number of halogens is 2. The summed E-state index contributed by atoms with van der Waals surface area (Å²) in [4.78, 5) is 32.9. The molecule has 0 aromatic heterocycles. The van der Waals surface area contributed by atoms with Gasteiger partial charge in [0.25, 0.3) is 0 Å². The Kier molecular flexibility index (Phi) is 10.8. The van der Waals surface area contributed by atoms with E-state index in [4.69, 9.17) is 14.9 Å². The molecule has 2 rings (SSSR count). The second kappa shape index (κ2) is 13.1. The van der Waals surface area contributed by atoms with E-state index in [-0.39, 0.29) is 24.5 Å². The van der Waals surface area contributed by atoms with Crippen molar-refractivity contribution in [1.29, 1.82) is 0 Å². The van der Waals surface area contributed by atoms with E-state index in [0.29, 0.717) is 18.7 Å².